The molecule has 0 aromatic carbocycles. The van der Waals surface area contributed by atoms with E-state index in [1.165, 1.54) is 6.92 Å². The SMILES string of the molecule is CC(O)CO.O=N[O-].[Na+]. The Morgan fingerprint density at radius 3 is 1.89 bits per heavy atom. The Balaban J connectivity index is -0.0000000800. The van der Waals surface area contributed by atoms with Gasteiger partial charge in [-0.25, -0.2) is 0 Å². The van der Waals surface area contributed by atoms with E-state index < -0.39 is 6.10 Å². The summed E-state index contributed by atoms with van der Waals surface area (Å²) in [5, 5.41) is 25.0. The van der Waals surface area contributed by atoms with Crippen molar-refractivity contribution in [3.05, 3.63) is 10.1 Å². The fraction of sp³-hybridized carbons (Fsp3) is 1.00. The van der Waals surface area contributed by atoms with Crippen LogP contribution in [-0.2, 0) is 0 Å². The van der Waals surface area contributed by atoms with Gasteiger partial charge in [0.05, 0.1) is 12.7 Å². The van der Waals surface area contributed by atoms with Crippen LogP contribution >= 0.6 is 0 Å². The first-order valence-electron chi connectivity index (χ1n) is 1.93. The van der Waals surface area contributed by atoms with Gasteiger partial charge in [0, 0.05) is 0 Å². The zero-order chi connectivity index (χ0) is 6.99. The van der Waals surface area contributed by atoms with Gasteiger partial charge >= 0.3 is 29.6 Å². The molecule has 0 saturated heterocycles. The quantitative estimate of drug-likeness (QED) is 0.228. The molecule has 50 valence electrons. The topological polar surface area (TPSA) is 93.0 Å². The number of hydrogen-bond donors (Lipinski definition) is 2. The average Bonchev–Trinajstić information content (AvgIpc) is 1.69. The Bertz CT molecular complexity index is 51.1. The van der Waals surface area contributed by atoms with Crippen LogP contribution in [0.2, 0.25) is 0 Å². The van der Waals surface area contributed by atoms with Crippen molar-refractivity contribution in [3.63, 3.8) is 0 Å². The second-order valence-electron chi connectivity index (χ2n) is 1.11. The van der Waals surface area contributed by atoms with Crippen LogP contribution < -0.4 is 29.6 Å². The van der Waals surface area contributed by atoms with E-state index in [-0.39, 0.29) is 36.2 Å². The summed E-state index contributed by atoms with van der Waals surface area (Å²) in [5.41, 5.74) is 0. The molecule has 0 spiro atoms. The molecule has 0 bridgehead atoms. The monoisotopic (exact) mass is 145 g/mol. The minimum Gasteiger partial charge on any atom is -0.444 e. The van der Waals surface area contributed by atoms with Gasteiger partial charge in [-0.1, -0.05) is 0 Å². The molecule has 5 nitrogen and oxygen atoms in total. The van der Waals surface area contributed by atoms with E-state index in [1.54, 1.807) is 0 Å². The van der Waals surface area contributed by atoms with E-state index in [2.05, 4.69) is 0 Å². The van der Waals surface area contributed by atoms with Gasteiger partial charge < -0.3 is 20.3 Å². The summed E-state index contributed by atoms with van der Waals surface area (Å²) in [4.78, 5) is 8.00. The largest absolute Gasteiger partial charge is 1.00 e. The van der Waals surface area contributed by atoms with Gasteiger partial charge in [0.15, 0.2) is 0 Å². The predicted octanol–water partition coefficient (Wildman–Crippen LogP) is -3.39. The van der Waals surface area contributed by atoms with Gasteiger partial charge in [0.1, 0.15) is 0 Å². The molecule has 0 radical (unpaired) electrons. The van der Waals surface area contributed by atoms with E-state index in [0.717, 1.165) is 5.34 Å². The molecule has 0 aliphatic carbocycles. The molecule has 1 atom stereocenters. The summed E-state index contributed by atoms with van der Waals surface area (Å²) >= 11 is 0. The smallest absolute Gasteiger partial charge is 0.444 e. The van der Waals surface area contributed by atoms with Crippen molar-refractivity contribution in [2.24, 2.45) is 5.34 Å². The molecule has 0 amide bonds. The molecule has 0 aromatic heterocycles. The first-order valence-corrected chi connectivity index (χ1v) is 1.93. The Morgan fingerprint density at radius 2 is 1.89 bits per heavy atom. The van der Waals surface area contributed by atoms with Gasteiger partial charge in [0.25, 0.3) is 0 Å². The summed E-state index contributed by atoms with van der Waals surface area (Å²) in [6.45, 7) is 1.39. The molecule has 0 aromatic rings. The van der Waals surface area contributed by atoms with Gasteiger partial charge in [0.2, 0.25) is 0 Å². The van der Waals surface area contributed by atoms with E-state index in [9.17, 15) is 0 Å². The fourth-order valence-electron chi connectivity index (χ4n) is 0. The Hall–Kier alpha value is 0.320. The molecule has 0 aliphatic heterocycles. The minimum absolute atomic E-state index is 0. The Labute approximate surface area is 74.9 Å². The maximum absolute atomic E-state index is 8.11. The molecule has 0 saturated carbocycles. The van der Waals surface area contributed by atoms with Crippen LogP contribution in [0.1, 0.15) is 6.92 Å². The minimum atomic E-state index is -0.560. The third-order valence-corrected chi connectivity index (χ3v) is 0.264. The maximum atomic E-state index is 8.11. The summed E-state index contributed by atoms with van der Waals surface area (Å²) < 4.78 is 0. The second-order valence-corrected chi connectivity index (χ2v) is 1.11. The van der Waals surface area contributed by atoms with E-state index in [4.69, 9.17) is 20.3 Å². The predicted molar refractivity (Wildman–Crippen MR) is 27.9 cm³/mol. The Kier molecular flexibility index (Phi) is 28.3. The van der Waals surface area contributed by atoms with Crippen LogP contribution in [0.5, 0.6) is 0 Å². The van der Waals surface area contributed by atoms with Crippen LogP contribution in [0.4, 0.5) is 0 Å². The standard InChI is InChI=1S/C3H8O2.HNO2.Na/c1-3(5)2-4;2-1-3;/h3-5H,2H2,1H3;(H,2,3);/q;;+1/p-1. The third kappa shape index (κ3) is 61.7. The molecule has 6 heteroatoms. The molecule has 0 fully saturated rings. The molecular weight excluding hydrogens is 137 g/mol. The second kappa shape index (κ2) is 15.8. The molecule has 0 heterocycles. The Morgan fingerprint density at radius 1 is 1.78 bits per heavy atom. The van der Waals surface area contributed by atoms with Gasteiger partial charge in [-0.05, 0) is 6.92 Å². The molecule has 1 unspecified atom stereocenters. The van der Waals surface area contributed by atoms with Crippen LogP contribution in [-0.4, -0.2) is 22.9 Å². The maximum Gasteiger partial charge on any atom is 1.00 e. The summed E-state index contributed by atoms with van der Waals surface area (Å²) in [6.07, 6.45) is -0.560. The molecule has 2 N–H and O–H groups in total. The van der Waals surface area contributed by atoms with Gasteiger partial charge in [-0.3, -0.25) is 0 Å². The van der Waals surface area contributed by atoms with Gasteiger partial charge in [-0.15, -0.1) is 5.34 Å². The zero-order valence-electron chi connectivity index (χ0n) is 5.44. The van der Waals surface area contributed by atoms with Crippen molar-refractivity contribution in [3.8, 4) is 0 Å². The number of nitrogens with zero attached hydrogens (tertiary/aromatic N) is 1. The summed E-state index contributed by atoms with van der Waals surface area (Å²) in [6, 6.07) is 0. The zero-order valence-corrected chi connectivity index (χ0v) is 7.44. The van der Waals surface area contributed by atoms with Crippen LogP contribution in [0.25, 0.3) is 0 Å². The fourth-order valence-corrected chi connectivity index (χ4v) is 0. The van der Waals surface area contributed by atoms with Crippen LogP contribution in [0.3, 0.4) is 0 Å². The number of hydrogen-bond acceptors (Lipinski definition) is 5. The van der Waals surface area contributed by atoms with Crippen molar-refractivity contribution < 1.29 is 39.8 Å². The van der Waals surface area contributed by atoms with Crippen molar-refractivity contribution in [2.45, 2.75) is 13.0 Å². The van der Waals surface area contributed by atoms with Crippen LogP contribution in [0, 0.1) is 10.1 Å². The van der Waals surface area contributed by atoms with E-state index in [1.807, 2.05) is 0 Å². The number of aliphatic hydroxyl groups is 2. The van der Waals surface area contributed by atoms with E-state index in [0.29, 0.717) is 0 Å². The molecular formula is C3H8NNaO4. The average molecular weight is 145 g/mol. The first kappa shape index (κ1) is 16.2. The van der Waals surface area contributed by atoms with Crippen molar-refractivity contribution >= 4 is 0 Å². The number of aliphatic hydroxyl groups excluding tert-OH is 2. The first-order chi connectivity index (χ1) is 3.68. The van der Waals surface area contributed by atoms with Crippen LogP contribution in [0.15, 0.2) is 5.34 Å². The third-order valence-electron chi connectivity index (χ3n) is 0.264. The molecule has 0 aliphatic rings. The normalized spacial score (nSPS) is 9.67. The van der Waals surface area contributed by atoms with Crippen molar-refractivity contribution in [2.75, 3.05) is 6.61 Å². The molecule has 9 heavy (non-hydrogen) atoms. The van der Waals surface area contributed by atoms with Crippen molar-refractivity contribution in [1.82, 2.24) is 0 Å². The summed E-state index contributed by atoms with van der Waals surface area (Å²) in [5.74, 6) is 0. The summed E-state index contributed by atoms with van der Waals surface area (Å²) in [7, 11) is 0. The van der Waals surface area contributed by atoms with Crippen molar-refractivity contribution in [1.29, 1.82) is 0 Å². The molecule has 0 rings (SSSR count). The van der Waals surface area contributed by atoms with E-state index >= 15 is 0 Å². The number of rotatable bonds is 1. The van der Waals surface area contributed by atoms with Gasteiger partial charge in [-0.2, -0.15) is 0 Å².